The maximum Gasteiger partial charge on any atom is 0.262 e. The summed E-state index contributed by atoms with van der Waals surface area (Å²) in [7, 11) is 0. The Bertz CT molecular complexity index is 870. The molecule has 1 N–H and O–H groups in total. The lowest BCUT2D eigenvalue weighted by Crippen LogP contribution is -2.20. The van der Waals surface area contributed by atoms with Crippen molar-refractivity contribution in [3.63, 3.8) is 0 Å². The van der Waals surface area contributed by atoms with Gasteiger partial charge in [0.1, 0.15) is 5.75 Å². The van der Waals surface area contributed by atoms with Crippen LogP contribution in [0.4, 0.5) is 5.69 Å². The molecule has 0 aliphatic carbocycles. The quantitative estimate of drug-likeness (QED) is 0.763. The lowest BCUT2D eigenvalue weighted by molar-refractivity contribution is -0.118. The predicted molar refractivity (Wildman–Crippen MR) is 92.4 cm³/mol. The number of anilines is 1. The van der Waals surface area contributed by atoms with Crippen molar-refractivity contribution in [3.8, 4) is 16.5 Å². The van der Waals surface area contributed by atoms with Crippen LogP contribution in [0.25, 0.3) is 10.8 Å². The van der Waals surface area contributed by atoms with Gasteiger partial charge in [-0.2, -0.15) is 0 Å². The SMILES string of the molecule is Cc1cccc(OCC(=O)Nc2cc(-c3nnc(C)o3)sc2C)c1. The number of benzene rings is 1. The largest absolute Gasteiger partial charge is 0.484 e. The molecule has 0 aliphatic rings. The van der Waals surface area contributed by atoms with Gasteiger partial charge >= 0.3 is 0 Å². The number of aryl methyl sites for hydroxylation is 3. The molecule has 0 radical (unpaired) electrons. The van der Waals surface area contributed by atoms with Crippen LogP contribution < -0.4 is 10.1 Å². The highest BCUT2D eigenvalue weighted by molar-refractivity contribution is 7.15. The number of rotatable bonds is 5. The molecule has 3 aromatic rings. The van der Waals surface area contributed by atoms with Crippen molar-refractivity contribution in [2.45, 2.75) is 20.8 Å². The first kappa shape index (κ1) is 16.2. The minimum atomic E-state index is -0.217. The Morgan fingerprint density at radius 1 is 1.25 bits per heavy atom. The average Bonchev–Trinajstić information content (AvgIpc) is 3.12. The monoisotopic (exact) mass is 343 g/mol. The third kappa shape index (κ3) is 3.80. The number of nitrogens with one attached hydrogen (secondary N) is 1. The molecule has 0 atom stereocenters. The number of carbonyl (C=O) groups excluding carboxylic acids is 1. The molecule has 1 amide bonds. The van der Waals surface area contributed by atoms with E-state index in [9.17, 15) is 4.79 Å². The van der Waals surface area contributed by atoms with Crippen LogP contribution in [0.15, 0.2) is 34.7 Å². The van der Waals surface area contributed by atoms with Gasteiger partial charge in [0.15, 0.2) is 6.61 Å². The molecule has 3 rings (SSSR count). The van der Waals surface area contributed by atoms with Crippen LogP contribution in [-0.2, 0) is 4.79 Å². The van der Waals surface area contributed by atoms with Gasteiger partial charge in [0.05, 0.1) is 10.6 Å². The first-order valence-corrected chi connectivity index (χ1v) is 8.23. The Balaban J connectivity index is 1.63. The smallest absolute Gasteiger partial charge is 0.262 e. The van der Waals surface area contributed by atoms with Crippen molar-refractivity contribution in [3.05, 3.63) is 46.7 Å². The summed E-state index contributed by atoms with van der Waals surface area (Å²) in [6.45, 7) is 5.59. The second-order valence-corrected chi connectivity index (χ2v) is 6.62. The normalized spacial score (nSPS) is 10.6. The zero-order valence-electron chi connectivity index (χ0n) is 13.6. The highest BCUT2D eigenvalue weighted by atomic mass is 32.1. The van der Waals surface area contributed by atoms with E-state index < -0.39 is 0 Å². The maximum absolute atomic E-state index is 12.1. The molecule has 6 nitrogen and oxygen atoms in total. The molecule has 0 unspecified atom stereocenters. The van der Waals surface area contributed by atoms with Crippen LogP contribution in [0.5, 0.6) is 5.75 Å². The third-order valence-corrected chi connectivity index (χ3v) is 4.33. The van der Waals surface area contributed by atoms with Gasteiger partial charge in [0.2, 0.25) is 5.89 Å². The van der Waals surface area contributed by atoms with E-state index in [-0.39, 0.29) is 12.5 Å². The Kier molecular flexibility index (Phi) is 4.61. The van der Waals surface area contributed by atoms with Gasteiger partial charge in [-0.1, -0.05) is 12.1 Å². The zero-order chi connectivity index (χ0) is 17.1. The van der Waals surface area contributed by atoms with Gasteiger partial charge in [-0.05, 0) is 37.6 Å². The number of hydrogen-bond acceptors (Lipinski definition) is 6. The first-order chi connectivity index (χ1) is 11.5. The summed E-state index contributed by atoms with van der Waals surface area (Å²) in [4.78, 5) is 13.9. The van der Waals surface area contributed by atoms with Crippen LogP contribution in [0, 0.1) is 20.8 Å². The number of ether oxygens (including phenoxy) is 1. The zero-order valence-corrected chi connectivity index (χ0v) is 14.4. The van der Waals surface area contributed by atoms with Crippen LogP contribution in [-0.4, -0.2) is 22.7 Å². The minimum Gasteiger partial charge on any atom is -0.484 e. The molecule has 0 saturated heterocycles. The van der Waals surface area contributed by atoms with Crippen LogP contribution >= 0.6 is 11.3 Å². The molecule has 1 aromatic carbocycles. The predicted octanol–water partition coefficient (Wildman–Crippen LogP) is 3.74. The van der Waals surface area contributed by atoms with Gasteiger partial charge in [0, 0.05) is 11.8 Å². The summed E-state index contributed by atoms with van der Waals surface area (Å²) in [6.07, 6.45) is 0. The summed E-state index contributed by atoms with van der Waals surface area (Å²) < 4.78 is 10.9. The molecule has 24 heavy (non-hydrogen) atoms. The average molecular weight is 343 g/mol. The van der Waals surface area contributed by atoms with E-state index in [1.165, 1.54) is 11.3 Å². The van der Waals surface area contributed by atoms with E-state index in [0.29, 0.717) is 17.5 Å². The number of amides is 1. The van der Waals surface area contributed by atoms with E-state index in [4.69, 9.17) is 9.15 Å². The highest BCUT2D eigenvalue weighted by Gasteiger charge is 2.14. The summed E-state index contributed by atoms with van der Waals surface area (Å²) in [5, 5.41) is 10.7. The van der Waals surface area contributed by atoms with Crippen LogP contribution in [0.3, 0.4) is 0 Å². The second kappa shape index (κ2) is 6.84. The van der Waals surface area contributed by atoms with Crippen molar-refractivity contribution in [2.75, 3.05) is 11.9 Å². The van der Waals surface area contributed by atoms with Crippen molar-refractivity contribution in [2.24, 2.45) is 0 Å². The molecule has 7 heteroatoms. The molecule has 2 aromatic heterocycles. The minimum absolute atomic E-state index is 0.0479. The Hall–Kier alpha value is -2.67. The molecule has 124 valence electrons. The summed E-state index contributed by atoms with van der Waals surface area (Å²) in [5.74, 6) is 1.42. The topological polar surface area (TPSA) is 77.2 Å². The Labute approximate surface area is 143 Å². The summed E-state index contributed by atoms with van der Waals surface area (Å²) in [5.41, 5.74) is 1.81. The van der Waals surface area contributed by atoms with Crippen molar-refractivity contribution in [1.29, 1.82) is 0 Å². The number of thiophene rings is 1. The number of nitrogens with zero attached hydrogens (tertiary/aromatic N) is 2. The van der Waals surface area contributed by atoms with Crippen molar-refractivity contribution >= 4 is 22.9 Å². The molecular formula is C17H17N3O3S. The van der Waals surface area contributed by atoms with Gasteiger partial charge in [-0.3, -0.25) is 4.79 Å². The lowest BCUT2D eigenvalue weighted by Gasteiger charge is -2.07. The van der Waals surface area contributed by atoms with Crippen molar-refractivity contribution < 1.29 is 13.9 Å². The van der Waals surface area contributed by atoms with E-state index in [0.717, 1.165) is 21.0 Å². The number of aromatic nitrogens is 2. The first-order valence-electron chi connectivity index (χ1n) is 7.41. The van der Waals surface area contributed by atoms with E-state index >= 15 is 0 Å². The number of hydrogen-bond donors (Lipinski definition) is 1. The fraction of sp³-hybridized carbons (Fsp3) is 0.235. The summed E-state index contributed by atoms with van der Waals surface area (Å²) >= 11 is 1.49. The van der Waals surface area contributed by atoms with Gasteiger partial charge in [0.25, 0.3) is 11.8 Å². The van der Waals surface area contributed by atoms with Gasteiger partial charge in [-0.15, -0.1) is 21.5 Å². The maximum atomic E-state index is 12.1. The Morgan fingerprint density at radius 3 is 2.79 bits per heavy atom. The lowest BCUT2D eigenvalue weighted by atomic mass is 10.2. The molecule has 0 fully saturated rings. The third-order valence-electron chi connectivity index (χ3n) is 3.29. The van der Waals surface area contributed by atoms with Gasteiger partial charge in [-0.25, -0.2) is 0 Å². The molecule has 0 spiro atoms. The molecule has 0 saturated carbocycles. The molecular weight excluding hydrogens is 326 g/mol. The summed E-state index contributed by atoms with van der Waals surface area (Å²) in [6, 6.07) is 9.41. The standard InChI is InChI=1S/C17H17N3O3S/c1-10-5-4-6-13(7-10)22-9-16(21)18-14-8-15(24-11(14)2)17-20-19-12(3)23-17/h4-8H,9H2,1-3H3,(H,18,21). The molecule has 0 bridgehead atoms. The van der Waals surface area contributed by atoms with E-state index in [1.807, 2.05) is 44.2 Å². The molecule has 2 heterocycles. The second-order valence-electron chi connectivity index (χ2n) is 5.36. The van der Waals surface area contributed by atoms with E-state index in [1.54, 1.807) is 6.92 Å². The van der Waals surface area contributed by atoms with Crippen LogP contribution in [0.2, 0.25) is 0 Å². The fourth-order valence-electron chi connectivity index (χ4n) is 2.15. The fourth-order valence-corrected chi connectivity index (χ4v) is 3.04. The molecule has 0 aliphatic heterocycles. The Morgan fingerprint density at radius 2 is 2.08 bits per heavy atom. The number of carbonyl (C=O) groups is 1. The van der Waals surface area contributed by atoms with E-state index in [2.05, 4.69) is 15.5 Å². The van der Waals surface area contributed by atoms with Gasteiger partial charge < -0.3 is 14.5 Å². The van der Waals surface area contributed by atoms with Crippen LogP contribution in [0.1, 0.15) is 16.3 Å². The van der Waals surface area contributed by atoms with Crippen molar-refractivity contribution in [1.82, 2.24) is 10.2 Å². The highest BCUT2D eigenvalue weighted by Crippen LogP contribution is 2.33.